The smallest absolute Gasteiger partial charge is 0.246 e. The molecule has 0 aromatic carbocycles. The molecule has 0 aliphatic rings. The third-order valence-electron chi connectivity index (χ3n) is 2.70. The Morgan fingerprint density at radius 1 is 1.37 bits per heavy atom. The highest BCUT2D eigenvalue weighted by Crippen LogP contribution is 2.22. The van der Waals surface area contributed by atoms with Crippen LogP contribution in [0, 0.1) is 0 Å². The van der Waals surface area contributed by atoms with Crippen molar-refractivity contribution in [3.63, 3.8) is 0 Å². The van der Waals surface area contributed by atoms with Gasteiger partial charge in [-0.2, -0.15) is 4.31 Å². The quantitative estimate of drug-likeness (QED) is 0.798. The zero-order valence-corrected chi connectivity index (χ0v) is 12.1. The summed E-state index contributed by atoms with van der Waals surface area (Å²) in [7, 11) is -0.392. The van der Waals surface area contributed by atoms with Crippen molar-refractivity contribution in [3.8, 4) is 0 Å². The molecule has 0 bridgehead atoms. The molecule has 19 heavy (non-hydrogen) atoms. The summed E-state index contributed by atoms with van der Waals surface area (Å²) >= 11 is 5.83. The maximum atomic E-state index is 12.4. The van der Waals surface area contributed by atoms with Crippen LogP contribution in [0.4, 0.5) is 0 Å². The first kappa shape index (κ1) is 14.0. The van der Waals surface area contributed by atoms with E-state index in [1.54, 1.807) is 24.0 Å². The molecule has 0 N–H and O–H groups in total. The average Bonchev–Trinajstić information content (AvgIpc) is 2.75. The van der Waals surface area contributed by atoms with Crippen molar-refractivity contribution in [2.45, 2.75) is 11.4 Å². The first-order valence-corrected chi connectivity index (χ1v) is 7.28. The molecule has 2 heterocycles. The molecule has 0 saturated carbocycles. The second-order valence-corrected chi connectivity index (χ2v) is 6.38. The summed E-state index contributed by atoms with van der Waals surface area (Å²) < 4.78 is 27.7. The molecule has 2 aromatic rings. The lowest BCUT2D eigenvalue weighted by molar-refractivity contribution is 0.451. The number of halogens is 1. The Bertz CT molecular complexity index is 684. The van der Waals surface area contributed by atoms with E-state index in [0.29, 0.717) is 5.82 Å². The minimum atomic E-state index is -3.68. The fourth-order valence-electron chi connectivity index (χ4n) is 1.56. The van der Waals surface area contributed by atoms with Gasteiger partial charge in [-0.3, -0.25) is 0 Å². The lowest BCUT2D eigenvalue weighted by atomic mass is 10.5. The fraction of sp³-hybridized carbons (Fsp3) is 0.273. The molecule has 0 aliphatic heterocycles. The first-order chi connectivity index (χ1) is 8.93. The highest BCUT2D eigenvalue weighted by molar-refractivity contribution is 7.89. The highest BCUT2D eigenvalue weighted by atomic mass is 35.5. The van der Waals surface area contributed by atoms with Crippen LogP contribution in [0.15, 0.2) is 35.6 Å². The number of sulfonamides is 1. The molecule has 0 atom stereocenters. The number of aryl methyl sites for hydroxylation is 1. The molecule has 6 nitrogen and oxygen atoms in total. The van der Waals surface area contributed by atoms with Crippen molar-refractivity contribution >= 4 is 21.6 Å². The van der Waals surface area contributed by atoms with Crippen LogP contribution in [0.3, 0.4) is 0 Å². The van der Waals surface area contributed by atoms with Gasteiger partial charge in [-0.1, -0.05) is 11.6 Å². The van der Waals surface area contributed by atoms with Crippen molar-refractivity contribution in [2.24, 2.45) is 7.05 Å². The fourth-order valence-corrected chi connectivity index (χ4v) is 3.11. The van der Waals surface area contributed by atoms with E-state index < -0.39 is 10.0 Å². The van der Waals surface area contributed by atoms with Crippen LogP contribution in [0.25, 0.3) is 0 Å². The van der Waals surface area contributed by atoms with Gasteiger partial charge >= 0.3 is 0 Å². The van der Waals surface area contributed by atoms with Gasteiger partial charge < -0.3 is 4.57 Å². The van der Waals surface area contributed by atoms with Gasteiger partial charge in [0.05, 0.1) is 6.54 Å². The van der Waals surface area contributed by atoms with Crippen molar-refractivity contribution in [1.29, 1.82) is 0 Å². The normalized spacial score (nSPS) is 12.0. The van der Waals surface area contributed by atoms with E-state index in [2.05, 4.69) is 9.97 Å². The predicted molar refractivity (Wildman–Crippen MR) is 71.1 cm³/mol. The maximum absolute atomic E-state index is 12.4. The lowest BCUT2D eigenvalue weighted by Crippen LogP contribution is -2.28. The Morgan fingerprint density at radius 3 is 2.68 bits per heavy atom. The molecule has 0 saturated heterocycles. The molecular weight excluding hydrogens is 288 g/mol. The third-order valence-corrected chi connectivity index (χ3v) is 4.95. The van der Waals surface area contributed by atoms with Gasteiger partial charge in [0, 0.05) is 32.7 Å². The largest absolute Gasteiger partial charge is 0.337 e. The average molecular weight is 301 g/mol. The van der Waals surface area contributed by atoms with Gasteiger partial charge in [0.2, 0.25) is 10.0 Å². The number of hydrogen-bond acceptors (Lipinski definition) is 4. The van der Waals surface area contributed by atoms with E-state index in [9.17, 15) is 8.42 Å². The number of pyridine rings is 1. The molecule has 8 heteroatoms. The maximum Gasteiger partial charge on any atom is 0.246 e. The molecule has 0 radical (unpaired) electrons. The monoisotopic (exact) mass is 300 g/mol. The summed E-state index contributed by atoms with van der Waals surface area (Å²) in [5, 5.41) is -0.0332. The lowest BCUT2D eigenvalue weighted by Gasteiger charge is -2.17. The molecule has 0 fully saturated rings. The molecule has 0 amide bonds. The second-order valence-electron chi connectivity index (χ2n) is 4.01. The zero-order valence-electron chi connectivity index (χ0n) is 10.5. The minimum Gasteiger partial charge on any atom is -0.337 e. The van der Waals surface area contributed by atoms with Gasteiger partial charge in [0.25, 0.3) is 0 Å². The Hall–Kier alpha value is -1.44. The van der Waals surface area contributed by atoms with Crippen molar-refractivity contribution < 1.29 is 8.42 Å². The number of hydrogen-bond donors (Lipinski definition) is 0. The summed E-state index contributed by atoms with van der Waals surface area (Å²) in [6, 6.07) is 2.97. The van der Waals surface area contributed by atoms with Gasteiger partial charge in [0.15, 0.2) is 0 Å². The summed E-state index contributed by atoms with van der Waals surface area (Å²) in [6.45, 7) is 0.164. The van der Waals surface area contributed by atoms with E-state index >= 15 is 0 Å². The number of rotatable bonds is 4. The highest BCUT2D eigenvalue weighted by Gasteiger charge is 2.24. The van der Waals surface area contributed by atoms with Crippen LogP contribution in [0.5, 0.6) is 0 Å². The number of aromatic nitrogens is 3. The van der Waals surface area contributed by atoms with E-state index in [1.807, 2.05) is 0 Å². The van der Waals surface area contributed by atoms with Crippen LogP contribution < -0.4 is 0 Å². The number of imidazole rings is 1. The van der Waals surface area contributed by atoms with Crippen LogP contribution >= 0.6 is 11.6 Å². The third kappa shape index (κ3) is 2.78. The number of nitrogens with zero attached hydrogens (tertiary/aromatic N) is 4. The molecule has 2 aromatic heterocycles. The summed E-state index contributed by atoms with van der Waals surface area (Å²) in [6.07, 6.45) is 4.82. The molecule has 102 valence electrons. The Morgan fingerprint density at radius 2 is 2.11 bits per heavy atom. The summed E-state index contributed by atoms with van der Waals surface area (Å²) in [5.74, 6) is 0.645. The SMILES string of the molecule is CN(Cc1nccn1C)S(=O)(=O)c1cccnc1Cl. The minimum absolute atomic E-state index is 0.00613. The van der Waals surface area contributed by atoms with Crippen molar-refractivity contribution in [3.05, 3.63) is 41.7 Å². The van der Waals surface area contributed by atoms with E-state index in [1.165, 1.54) is 29.7 Å². The van der Waals surface area contributed by atoms with Crippen LogP contribution in [-0.4, -0.2) is 34.3 Å². The predicted octanol–water partition coefficient (Wildman–Crippen LogP) is 1.29. The molecule has 2 rings (SSSR count). The van der Waals surface area contributed by atoms with Crippen LogP contribution in [0.1, 0.15) is 5.82 Å². The first-order valence-electron chi connectivity index (χ1n) is 5.46. The van der Waals surface area contributed by atoms with E-state index in [0.717, 1.165) is 0 Å². The van der Waals surface area contributed by atoms with Crippen LogP contribution in [0.2, 0.25) is 5.15 Å². The van der Waals surface area contributed by atoms with Crippen LogP contribution in [-0.2, 0) is 23.6 Å². The van der Waals surface area contributed by atoms with Gasteiger partial charge in [-0.15, -0.1) is 0 Å². The zero-order chi connectivity index (χ0) is 14.0. The van der Waals surface area contributed by atoms with Crippen molar-refractivity contribution in [2.75, 3.05) is 7.05 Å². The van der Waals surface area contributed by atoms with Gasteiger partial charge in [-0.05, 0) is 12.1 Å². The molecule has 0 aliphatic carbocycles. The molecule has 0 unspecified atom stereocenters. The van der Waals surface area contributed by atoms with E-state index in [-0.39, 0.29) is 16.6 Å². The summed E-state index contributed by atoms with van der Waals surface area (Å²) in [4.78, 5) is 7.87. The second kappa shape index (κ2) is 5.28. The van der Waals surface area contributed by atoms with Gasteiger partial charge in [-0.25, -0.2) is 18.4 Å². The Labute approximate surface area is 116 Å². The van der Waals surface area contributed by atoms with Gasteiger partial charge in [0.1, 0.15) is 15.9 Å². The summed E-state index contributed by atoms with van der Waals surface area (Å²) in [5.41, 5.74) is 0. The molecule has 0 spiro atoms. The Balaban J connectivity index is 2.30. The Kier molecular flexibility index (Phi) is 3.88. The van der Waals surface area contributed by atoms with Crippen molar-refractivity contribution in [1.82, 2.24) is 18.8 Å². The standard InChI is InChI=1S/C11H13ClN4O2S/c1-15-7-6-13-10(15)8-16(2)19(17,18)9-4-3-5-14-11(9)12/h3-7H,8H2,1-2H3. The van der Waals surface area contributed by atoms with E-state index in [4.69, 9.17) is 11.6 Å². The topological polar surface area (TPSA) is 68.1 Å². The molecular formula is C11H13ClN4O2S.